The molecule has 2 aliphatic rings. The second-order valence-corrected chi connectivity index (χ2v) is 7.48. The number of amides is 1. The van der Waals surface area contributed by atoms with Gasteiger partial charge < -0.3 is 14.8 Å². The summed E-state index contributed by atoms with van der Waals surface area (Å²) in [5, 5.41) is 3.12. The predicted octanol–water partition coefficient (Wildman–Crippen LogP) is 3.96. The molecule has 0 aromatic heterocycles. The average molecular weight is 402 g/mol. The number of ether oxygens (including phenoxy) is 2. The number of nitrogens with one attached hydrogen (secondary N) is 1. The molecule has 1 fully saturated rings. The first kappa shape index (κ1) is 16.5. The summed E-state index contributed by atoms with van der Waals surface area (Å²) in [5.41, 5.74) is 1.65. The first-order chi connectivity index (χ1) is 12.2. The Morgan fingerprint density at radius 2 is 1.84 bits per heavy atom. The van der Waals surface area contributed by atoms with Gasteiger partial charge in [-0.2, -0.15) is 0 Å². The monoisotopic (exact) mass is 401 g/mol. The van der Waals surface area contributed by atoms with Crippen LogP contribution in [0.25, 0.3) is 0 Å². The number of carbonyl (C=O) groups excluding carboxylic acids is 1. The lowest BCUT2D eigenvalue weighted by Crippen LogP contribution is -2.49. The van der Waals surface area contributed by atoms with Gasteiger partial charge in [0.15, 0.2) is 11.5 Å². The molecule has 4 rings (SSSR count). The van der Waals surface area contributed by atoms with Gasteiger partial charge in [-0.15, -0.1) is 0 Å². The van der Waals surface area contributed by atoms with Gasteiger partial charge in [0.1, 0.15) is 13.2 Å². The third-order valence-electron chi connectivity index (χ3n) is 5.13. The lowest BCUT2D eigenvalue weighted by molar-refractivity contribution is -0.130. The van der Waals surface area contributed by atoms with Crippen LogP contribution in [-0.4, -0.2) is 19.1 Å². The molecule has 0 spiro atoms. The Labute approximate surface area is 155 Å². The summed E-state index contributed by atoms with van der Waals surface area (Å²) >= 11 is 3.46. The summed E-state index contributed by atoms with van der Waals surface area (Å²) < 4.78 is 12.4. The summed E-state index contributed by atoms with van der Waals surface area (Å²) in [6, 6.07) is 13.9. The normalized spacial score (nSPS) is 17.5. The molecule has 0 saturated heterocycles. The van der Waals surface area contributed by atoms with Crippen molar-refractivity contribution in [3.8, 4) is 11.5 Å². The Bertz CT molecular complexity index is 784. The van der Waals surface area contributed by atoms with Crippen LogP contribution in [0.5, 0.6) is 11.5 Å². The van der Waals surface area contributed by atoms with E-state index < -0.39 is 5.41 Å². The molecule has 0 unspecified atom stereocenters. The number of carbonyl (C=O) groups is 1. The van der Waals surface area contributed by atoms with Gasteiger partial charge in [0.05, 0.1) is 5.41 Å². The predicted molar refractivity (Wildman–Crippen MR) is 98.9 cm³/mol. The van der Waals surface area contributed by atoms with Crippen molar-refractivity contribution >= 4 is 21.8 Å². The van der Waals surface area contributed by atoms with Gasteiger partial charge in [0, 0.05) is 16.6 Å². The van der Waals surface area contributed by atoms with Gasteiger partial charge in [-0.25, -0.2) is 0 Å². The lowest BCUT2D eigenvalue weighted by atomic mass is 9.64. The third kappa shape index (κ3) is 3.01. The van der Waals surface area contributed by atoms with Crippen LogP contribution in [0, 0.1) is 0 Å². The van der Waals surface area contributed by atoms with Crippen molar-refractivity contribution in [3.63, 3.8) is 0 Å². The summed E-state index contributed by atoms with van der Waals surface area (Å²) in [4.78, 5) is 13.0. The van der Waals surface area contributed by atoms with Crippen LogP contribution in [0.15, 0.2) is 46.9 Å². The van der Waals surface area contributed by atoms with Crippen LogP contribution in [0.1, 0.15) is 30.4 Å². The molecule has 1 aliphatic carbocycles. The number of rotatable bonds is 4. The molecular weight excluding hydrogens is 382 g/mol. The van der Waals surface area contributed by atoms with Crippen LogP contribution < -0.4 is 14.8 Å². The summed E-state index contributed by atoms with van der Waals surface area (Å²) in [5.74, 6) is 1.60. The van der Waals surface area contributed by atoms with Crippen molar-refractivity contribution < 1.29 is 14.3 Å². The molecule has 1 saturated carbocycles. The molecule has 1 amide bonds. The van der Waals surface area contributed by atoms with Gasteiger partial charge in [-0.05, 0) is 36.6 Å². The fourth-order valence-electron chi connectivity index (χ4n) is 3.56. The van der Waals surface area contributed by atoms with Crippen LogP contribution in [0.2, 0.25) is 0 Å². The van der Waals surface area contributed by atoms with Crippen LogP contribution >= 0.6 is 15.9 Å². The fraction of sp³-hybridized carbons (Fsp3) is 0.350. The van der Waals surface area contributed by atoms with Crippen molar-refractivity contribution in [1.82, 2.24) is 5.32 Å². The molecule has 25 heavy (non-hydrogen) atoms. The average Bonchev–Trinajstić information content (AvgIpc) is 2.60. The van der Waals surface area contributed by atoms with E-state index in [-0.39, 0.29) is 5.91 Å². The topological polar surface area (TPSA) is 47.6 Å². The van der Waals surface area contributed by atoms with E-state index in [0.29, 0.717) is 19.8 Å². The standard InChI is InChI=1S/C20H20BrNO3/c21-16-7-5-15(6-8-16)20(9-2-10-20)19(23)22-13-14-3-1-4-17-18(14)25-12-11-24-17/h1,3-8H,2,9-13H2,(H,22,23). The molecule has 2 aromatic rings. The summed E-state index contributed by atoms with van der Waals surface area (Å²) in [7, 11) is 0. The van der Waals surface area contributed by atoms with E-state index in [1.54, 1.807) is 0 Å². The number of benzene rings is 2. The van der Waals surface area contributed by atoms with E-state index in [4.69, 9.17) is 9.47 Å². The fourth-order valence-corrected chi connectivity index (χ4v) is 3.83. The maximum atomic E-state index is 13.0. The second-order valence-electron chi connectivity index (χ2n) is 6.57. The van der Waals surface area contributed by atoms with E-state index in [9.17, 15) is 4.79 Å². The largest absolute Gasteiger partial charge is 0.486 e. The van der Waals surface area contributed by atoms with Crippen molar-refractivity contribution in [1.29, 1.82) is 0 Å². The summed E-state index contributed by atoms with van der Waals surface area (Å²) in [6.45, 7) is 1.56. The van der Waals surface area contributed by atoms with E-state index in [1.165, 1.54) is 0 Å². The molecule has 0 atom stereocenters. The zero-order chi connectivity index (χ0) is 17.3. The Morgan fingerprint density at radius 1 is 1.08 bits per heavy atom. The van der Waals surface area contributed by atoms with Crippen LogP contribution in [0.3, 0.4) is 0 Å². The van der Waals surface area contributed by atoms with Crippen molar-refractivity contribution in [2.75, 3.05) is 13.2 Å². The Morgan fingerprint density at radius 3 is 2.56 bits per heavy atom. The van der Waals surface area contributed by atoms with Crippen molar-refractivity contribution in [3.05, 3.63) is 58.1 Å². The van der Waals surface area contributed by atoms with Crippen LogP contribution in [0.4, 0.5) is 0 Å². The van der Waals surface area contributed by atoms with Crippen molar-refractivity contribution in [2.45, 2.75) is 31.2 Å². The number of fused-ring (bicyclic) bond motifs is 1. The molecule has 1 heterocycles. The molecule has 4 nitrogen and oxygen atoms in total. The zero-order valence-corrected chi connectivity index (χ0v) is 15.5. The molecule has 0 bridgehead atoms. The highest BCUT2D eigenvalue weighted by molar-refractivity contribution is 9.10. The molecule has 1 N–H and O–H groups in total. The Kier molecular flexibility index (Phi) is 4.42. The first-order valence-electron chi connectivity index (χ1n) is 8.61. The van der Waals surface area contributed by atoms with Crippen LogP contribution in [-0.2, 0) is 16.8 Å². The SMILES string of the molecule is O=C(NCc1cccc2c1OCCO2)C1(c2ccc(Br)cc2)CCC1. The number of hydrogen-bond donors (Lipinski definition) is 1. The number of halogens is 1. The molecule has 2 aromatic carbocycles. The highest BCUT2D eigenvalue weighted by atomic mass is 79.9. The highest BCUT2D eigenvalue weighted by Gasteiger charge is 2.45. The van der Waals surface area contributed by atoms with Crippen molar-refractivity contribution in [2.24, 2.45) is 0 Å². The van der Waals surface area contributed by atoms with E-state index in [1.807, 2.05) is 42.5 Å². The number of para-hydroxylation sites is 1. The maximum Gasteiger partial charge on any atom is 0.230 e. The first-order valence-corrected chi connectivity index (χ1v) is 9.40. The second kappa shape index (κ2) is 6.71. The zero-order valence-electron chi connectivity index (χ0n) is 13.9. The molecular formula is C20H20BrNO3. The van der Waals surface area contributed by atoms with Gasteiger partial charge >= 0.3 is 0 Å². The van der Waals surface area contributed by atoms with E-state index in [2.05, 4.69) is 21.2 Å². The Balaban J connectivity index is 1.51. The lowest BCUT2D eigenvalue weighted by Gasteiger charge is -2.40. The minimum absolute atomic E-state index is 0.0930. The van der Waals surface area contributed by atoms with E-state index in [0.717, 1.165) is 46.4 Å². The highest BCUT2D eigenvalue weighted by Crippen LogP contribution is 2.44. The van der Waals surface area contributed by atoms with Gasteiger partial charge in [0.2, 0.25) is 5.91 Å². The van der Waals surface area contributed by atoms with Gasteiger partial charge in [0.25, 0.3) is 0 Å². The quantitative estimate of drug-likeness (QED) is 0.843. The van der Waals surface area contributed by atoms with Gasteiger partial charge in [-0.1, -0.05) is 46.6 Å². The minimum atomic E-state index is -0.396. The summed E-state index contributed by atoms with van der Waals surface area (Å²) in [6.07, 6.45) is 2.88. The molecule has 1 aliphatic heterocycles. The smallest absolute Gasteiger partial charge is 0.230 e. The number of hydrogen-bond acceptors (Lipinski definition) is 3. The minimum Gasteiger partial charge on any atom is -0.486 e. The third-order valence-corrected chi connectivity index (χ3v) is 5.65. The maximum absolute atomic E-state index is 13.0. The molecule has 130 valence electrons. The Hall–Kier alpha value is -2.01. The molecule has 5 heteroatoms. The van der Waals surface area contributed by atoms with E-state index >= 15 is 0 Å². The molecule has 0 radical (unpaired) electrons. The van der Waals surface area contributed by atoms with Gasteiger partial charge in [-0.3, -0.25) is 4.79 Å².